The number of benzene rings is 2. The molecule has 3 N–H and O–H groups in total. The van der Waals surface area contributed by atoms with Crippen LogP contribution in [0.15, 0.2) is 65.6 Å². The standard InChI is InChI=1S/C37H34ClF3N8O6/c1-19(43-21(3)50)22-6-8-23(9-7-22)32-45-35-48(18-28(52)44-26-11-10-24(17-25(26)38)37(39,40)41)31-20(2)55-36(29(31)33(53)49(35)46-32)12-15-47(16-13-36)34(54)30-27(51)5-4-14-42-30/h4-11,14,17,19-20,51H,12-13,15-16,18H2,1-3H3,(H,43,50)(H,44,52)/t19-,20+/m0/s1. The highest BCUT2D eigenvalue weighted by molar-refractivity contribution is 6.33. The molecule has 2 aliphatic heterocycles. The van der Waals surface area contributed by atoms with Gasteiger partial charge in [0.05, 0.1) is 39.7 Å². The largest absolute Gasteiger partial charge is 0.505 e. The summed E-state index contributed by atoms with van der Waals surface area (Å²) in [5, 5.41) is 19.9. The van der Waals surface area contributed by atoms with Gasteiger partial charge < -0.3 is 29.9 Å². The van der Waals surface area contributed by atoms with Gasteiger partial charge in [-0.05, 0) is 62.6 Å². The monoisotopic (exact) mass is 778 g/mol. The van der Waals surface area contributed by atoms with Crippen molar-refractivity contribution < 1.29 is 37.4 Å². The molecule has 5 heterocycles. The molecule has 286 valence electrons. The number of ether oxygens (including phenoxy) is 1. The van der Waals surface area contributed by atoms with Gasteiger partial charge in [-0.2, -0.15) is 22.7 Å². The highest BCUT2D eigenvalue weighted by Crippen LogP contribution is 2.48. The van der Waals surface area contributed by atoms with Gasteiger partial charge in [0.25, 0.3) is 11.5 Å². The molecule has 3 amide bonds. The maximum atomic E-state index is 14.5. The Morgan fingerprint density at radius 2 is 1.82 bits per heavy atom. The number of halogens is 4. The second-order valence-corrected chi connectivity index (χ2v) is 13.9. The molecule has 2 atom stereocenters. The Morgan fingerprint density at radius 1 is 1.11 bits per heavy atom. The Bertz CT molecular complexity index is 2410. The van der Waals surface area contributed by atoms with Crippen molar-refractivity contribution in [3.05, 3.63) is 104 Å². The van der Waals surface area contributed by atoms with Crippen molar-refractivity contribution in [2.24, 2.45) is 0 Å². The molecule has 2 aromatic carbocycles. The molecule has 1 spiro atoms. The number of aromatic hydroxyl groups is 1. The molecule has 3 aromatic heterocycles. The third-order valence-electron chi connectivity index (χ3n) is 9.84. The van der Waals surface area contributed by atoms with Crippen molar-refractivity contribution in [1.29, 1.82) is 0 Å². The van der Waals surface area contributed by atoms with Gasteiger partial charge >= 0.3 is 6.18 Å². The van der Waals surface area contributed by atoms with Crippen LogP contribution in [0.5, 0.6) is 5.75 Å². The normalized spacial score (nSPS) is 16.9. The summed E-state index contributed by atoms with van der Waals surface area (Å²) in [5.41, 5.74) is -0.918. The summed E-state index contributed by atoms with van der Waals surface area (Å²) in [6, 6.07) is 12.2. The highest BCUT2D eigenvalue weighted by atomic mass is 35.5. The molecule has 14 nitrogen and oxygen atoms in total. The summed E-state index contributed by atoms with van der Waals surface area (Å²) in [6.45, 7) is 4.82. The van der Waals surface area contributed by atoms with Crippen LogP contribution in [0.1, 0.15) is 78.6 Å². The third-order valence-corrected chi connectivity index (χ3v) is 10.1. The molecule has 1 saturated heterocycles. The van der Waals surface area contributed by atoms with Gasteiger partial charge in [0.2, 0.25) is 17.6 Å². The molecular weight excluding hydrogens is 745 g/mol. The second-order valence-electron chi connectivity index (χ2n) is 13.5. The van der Waals surface area contributed by atoms with Crippen LogP contribution >= 0.6 is 11.6 Å². The van der Waals surface area contributed by atoms with Gasteiger partial charge in [0.1, 0.15) is 17.9 Å². The van der Waals surface area contributed by atoms with E-state index in [9.17, 15) is 37.5 Å². The number of hydrogen-bond donors (Lipinski definition) is 3. The van der Waals surface area contributed by atoms with E-state index in [0.29, 0.717) is 17.3 Å². The average molecular weight is 779 g/mol. The number of amides is 3. The predicted octanol–water partition coefficient (Wildman–Crippen LogP) is 5.39. The number of fused-ring (bicyclic) bond motifs is 3. The van der Waals surface area contributed by atoms with Crippen LogP contribution in [0, 0.1) is 0 Å². The van der Waals surface area contributed by atoms with E-state index < -0.39 is 47.4 Å². The summed E-state index contributed by atoms with van der Waals surface area (Å²) >= 11 is 6.15. The van der Waals surface area contributed by atoms with Crippen LogP contribution in [0.4, 0.5) is 18.9 Å². The number of nitrogens with one attached hydrogen (secondary N) is 2. The van der Waals surface area contributed by atoms with E-state index in [-0.39, 0.29) is 77.2 Å². The number of carbonyl (C=O) groups excluding carboxylic acids is 3. The van der Waals surface area contributed by atoms with Crippen molar-refractivity contribution in [1.82, 2.24) is 34.4 Å². The zero-order chi connectivity index (χ0) is 39.4. The SMILES string of the molecule is CC(=O)N[C@@H](C)c1ccc(-c2nc3n(CC(=O)Nc4ccc(C(F)(F)F)cc4Cl)c4c(c(=O)n3n2)C2(CCN(C(=O)c3ncccc3O)CC2)O[C@@H]4C)cc1. The fourth-order valence-corrected chi connectivity index (χ4v) is 7.47. The van der Waals surface area contributed by atoms with Gasteiger partial charge in [-0.3, -0.25) is 19.2 Å². The number of rotatable bonds is 7. The van der Waals surface area contributed by atoms with Crippen LogP contribution in [0.25, 0.3) is 17.2 Å². The minimum absolute atomic E-state index is 0.00819. The van der Waals surface area contributed by atoms with Crippen molar-refractivity contribution in [2.45, 2.75) is 64.1 Å². The van der Waals surface area contributed by atoms with E-state index >= 15 is 0 Å². The zero-order valence-corrected chi connectivity index (χ0v) is 30.4. The number of alkyl halides is 3. The lowest BCUT2D eigenvalue weighted by molar-refractivity contribution is -0.137. The first-order valence-electron chi connectivity index (χ1n) is 17.3. The molecule has 18 heteroatoms. The molecule has 0 radical (unpaired) electrons. The van der Waals surface area contributed by atoms with Crippen molar-refractivity contribution in [3.63, 3.8) is 0 Å². The third kappa shape index (κ3) is 7.00. The Kier molecular flexibility index (Phi) is 9.63. The number of likely N-dealkylation sites (tertiary alicyclic amines) is 1. The molecule has 55 heavy (non-hydrogen) atoms. The maximum absolute atomic E-state index is 14.5. The van der Waals surface area contributed by atoms with Crippen molar-refractivity contribution in [3.8, 4) is 17.1 Å². The predicted molar refractivity (Wildman–Crippen MR) is 192 cm³/mol. The number of carbonyl (C=O) groups is 3. The van der Waals surface area contributed by atoms with E-state index in [1.54, 1.807) is 31.2 Å². The van der Waals surface area contributed by atoms with Gasteiger partial charge in [0, 0.05) is 31.8 Å². The van der Waals surface area contributed by atoms with E-state index in [0.717, 1.165) is 22.2 Å². The van der Waals surface area contributed by atoms with Crippen LogP contribution in [-0.4, -0.2) is 65.0 Å². The quantitative estimate of drug-likeness (QED) is 0.196. The number of hydrogen-bond acceptors (Lipinski definition) is 9. The first-order valence-corrected chi connectivity index (χ1v) is 17.6. The van der Waals surface area contributed by atoms with E-state index in [1.807, 2.05) is 6.92 Å². The van der Waals surface area contributed by atoms with Gasteiger partial charge in [-0.1, -0.05) is 35.9 Å². The number of anilines is 1. The molecule has 0 aliphatic carbocycles. The topological polar surface area (TPSA) is 173 Å². The summed E-state index contributed by atoms with van der Waals surface area (Å²) in [6.07, 6.45) is -3.61. The first kappa shape index (κ1) is 37.5. The zero-order valence-electron chi connectivity index (χ0n) is 29.6. The van der Waals surface area contributed by atoms with E-state index in [1.165, 1.54) is 34.7 Å². The lowest BCUT2D eigenvalue weighted by Crippen LogP contribution is -2.47. The Morgan fingerprint density at radius 3 is 2.45 bits per heavy atom. The van der Waals surface area contributed by atoms with Crippen LogP contribution in [-0.2, 0) is 32.6 Å². The molecule has 0 bridgehead atoms. The molecule has 1 fully saturated rings. The van der Waals surface area contributed by atoms with E-state index in [2.05, 4.69) is 25.7 Å². The van der Waals surface area contributed by atoms with Crippen molar-refractivity contribution in [2.75, 3.05) is 18.4 Å². The highest BCUT2D eigenvalue weighted by Gasteiger charge is 2.50. The molecule has 2 aliphatic rings. The summed E-state index contributed by atoms with van der Waals surface area (Å²) in [7, 11) is 0. The van der Waals surface area contributed by atoms with Crippen molar-refractivity contribution >= 4 is 40.8 Å². The summed E-state index contributed by atoms with van der Waals surface area (Å²) in [4.78, 5) is 63.2. The summed E-state index contributed by atoms with van der Waals surface area (Å²) < 4.78 is 49.0. The number of nitrogens with zero attached hydrogens (tertiary/aromatic N) is 6. The fourth-order valence-electron chi connectivity index (χ4n) is 7.24. The smallest absolute Gasteiger partial charge is 0.416 e. The summed E-state index contributed by atoms with van der Waals surface area (Å²) in [5.74, 6) is -1.44. The fraction of sp³-hybridized carbons (Fsp3) is 0.324. The Hall–Kier alpha value is -5.81. The van der Waals surface area contributed by atoms with E-state index in [4.69, 9.17) is 16.3 Å². The lowest BCUT2D eigenvalue weighted by Gasteiger charge is -2.39. The average Bonchev–Trinajstić information content (AvgIpc) is 3.70. The Balaban J connectivity index is 1.28. The van der Waals surface area contributed by atoms with Gasteiger partial charge in [0.15, 0.2) is 11.5 Å². The second kappa shape index (κ2) is 14.1. The number of piperidine rings is 1. The van der Waals surface area contributed by atoms with Crippen LogP contribution < -0.4 is 16.2 Å². The van der Waals surface area contributed by atoms with Gasteiger partial charge in [-0.15, -0.1) is 5.10 Å². The van der Waals surface area contributed by atoms with Crippen LogP contribution in [0.3, 0.4) is 0 Å². The van der Waals surface area contributed by atoms with Gasteiger partial charge in [-0.25, -0.2) is 4.98 Å². The number of aromatic nitrogens is 5. The Labute approximate surface area is 315 Å². The molecule has 5 aromatic rings. The lowest BCUT2D eigenvalue weighted by atomic mass is 9.85. The molecule has 0 saturated carbocycles. The molecule has 0 unspecified atom stereocenters. The first-order chi connectivity index (χ1) is 26.1. The molecule has 7 rings (SSSR count). The number of pyridine rings is 1. The minimum Gasteiger partial charge on any atom is -0.505 e. The minimum atomic E-state index is -4.64. The van der Waals surface area contributed by atoms with Crippen LogP contribution in [0.2, 0.25) is 5.02 Å². The maximum Gasteiger partial charge on any atom is 0.416 e. The molecular formula is C37H34ClF3N8O6.